The number of thiophene rings is 1. The third kappa shape index (κ3) is 1.98. The lowest BCUT2D eigenvalue weighted by Gasteiger charge is -2.19. The Morgan fingerprint density at radius 3 is 2.23 bits per heavy atom. The first-order valence-corrected chi connectivity index (χ1v) is 8.56. The lowest BCUT2D eigenvalue weighted by molar-refractivity contribution is 0.590. The Bertz CT molecular complexity index is 949. The molecule has 2 heterocycles. The topological polar surface area (TPSA) is 4.93 Å². The molecule has 0 aliphatic carbocycles. The van der Waals surface area contributed by atoms with Crippen LogP contribution in [0, 0.1) is 0 Å². The first-order valence-electron chi connectivity index (χ1n) is 7.62. The Balaban J connectivity index is 1.98. The van der Waals surface area contributed by atoms with Crippen molar-refractivity contribution in [2.75, 3.05) is 0 Å². The molecule has 22 heavy (non-hydrogen) atoms. The molecule has 1 nitrogen and oxygen atoms in total. The van der Waals surface area contributed by atoms with Gasteiger partial charge in [0, 0.05) is 27.2 Å². The molecule has 0 spiro atoms. The SMILES string of the molecule is CC(C)(C)c1ccc(-n2c3ccccc3c3cscc32)cc1. The number of hydrogen-bond donors (Lipinski definition) is 0. The molecule has 0 N–H and O–H groups in total. The van der Waals surface area contributed by atoms with Crippen LogP contribution in [0.1, 0.15) is 26.3 Å². The molecule has 2 aromatic heterocycles. The van der Waals surface area contributed by atoms with Crippen LogP contribution < -0.4 is 0 Å². The van der Waals surface area contributed by atoms with E-state index in [1.165, 1.54) is 33.1 Å². The van der Waals surface area contributed by atoms with Crippen molar-refractivity contribution in [2.45, 2.75) is 26.2 Å². The summed E-state index contributed by atoms with van der Waals surface area (Å²) in [4.78, 5) is 0. The maximum atomic E-state index is 2.37. The van der Waals surface area contributed by atoms with Gasteiger partial charge in [-0.25, -0.2) is 0 Å². The van der Waals surface area contributed by atoms with E-state index in [0.717, 1.165) is 0 Å². The van der Waals surface area contributed by atoms with E-state index < -0.39 is 0 Å². The van der Waals surface area contributed by atoms with Crippen molar-refractivity contribution in [1.82, 2.24) is 4.57 Å². The van der Waals surface area contributed by atoms with E-state index in [1.54, 1.807) is 11.3 Å². The van der Waals surface area contributed by atoms with Crippen LogP contribution in [-0.2, 0) is 5.41 Å². The van der Waals surface area contributed by atoms with Crippen molar-refractivity contribution in [1.29, 1.82) is 0 Å². The Hall–Kier alpha value is -2.06. The Kier molecular flexibility index (Phi) is 2.92. The van der Waals surface area contributed by atoms with Crippen molar-refractivity contribution in [2.24, 2.45) is 0 Å². The number of benzene rings is 2. The van der Waals surface area contributed by atoms with Crippen molar-refractivity contribution >= 4 is 33.1 Å². The van der Waals surface area contributed by atoms with E-state index in [0.29, 0.717) is 0 Å². The zero-order valence-corrected chi connectivity index (χ0v) is 13.9. The summed E-state index contributed by atoms with van der Waals surface area (Å²) in [7, 11) is 0. The number of rotatable bonds is 1. The van der Waals surface area contributed by atoms with Crippen molar-refractivity contribution in [3.63, 3.8) is 0 Å². The maximum absolute atomic E-state index is 2.37. The largest absolute Gasteiger partial charge is 0.308 e. The van der Waals surface area contributed by atoms with E-state index in [2.05, 4.69) is 84.6 Å². The second kappa shape index (κ2) is 4.72. The summed E-state index contributed by atoms with van der Waals surface area (Å²) in [5, 5.41) is 7.17. The van der Waals surface area contributed by atoms with Crippen LogP contribution in [0.25, 0.3) is 27.5 Å². The third-order valence-corrected chi connectivity index (χ3v) is 5.04. The summed E-state index contributed by atoms with van der Waals surface area (Å²) in [6, 6.07) is 17.6. The van der Waals surface area contributed by atoms with Gasteiger partial charge in [0.15, 0.2) is 0 Å². The molecule has 2 heteroatoms. The summed E-state index contributed by atoms with van der Waals surface area (Å²) in [5.41, 5.74) is 5.38. The van der Waals surface area contributed by atoms with Crippen LogP contribution in [0.5, 0.6) is 0 Å². The third-order valence-electron chi connectivity index (χ3n) is 4.31. The van der Waals surface area contributed by atoms with Gasteiger partial charge in [0.25, 0.3) is 0 Å². The van der Waals surface area contributed by atoms with Gasteiger partial charge in [-0.2, -0.15) is 0 Å². The second-order valence-electron chi connectivity index (χ2n) is 6.82. The molecule has 110 valence electrons. The van der Waals surface area contributed by atoms with Crippen LogP contribution in [0.4, 0.5) is 0 Å². The highest BCUT2D eigenvalue weighted by Gasteiger charge is 2.15. The predicted molar refractivity (Wildman–Crippen MR) is 97.4 cm³/mol. The molecule has 4 aromatic rings. The summed E-state index contributed by atoms with van der Waals surface area (Å²) in [6.45, 7) is 6.76. The molecule has 0 bridgehead atoms. The molecule has 4 rings (SSSR count). The molecular formula is C20H19NS. The molecule has 0 atom stereocenters. The fourth-order valence-corrected chi connectivity index (χ4v) is 3.89. The maximum Gasteiger partial charge on any atom is 0.0648 e. The van der Waals surface area contributed by atoms with Crippen LogP contribution in [0.15, 0.2) is 59.3 Å². The monoisotopic (exact) mass is 305 g/mol. The van der Waals surface area contributed by atoms with Crippen molar-refractivity contribution in [3.05, 3.63) is 64.9 Å². The Morgan fingerprint density at radius 1 is 0.773 bits per heavy atom. The number of para-hydroxylation sites is 1. The van der Waals surface area contributed by atoms with Crippen LogP contribution in [0.3, 0.4) is 0 Å². The highest BCUT2D eigenvalue weighted by Crippen LogP contribution is 2.34. The van der Waals surface area contributed by atoms with Crippen LogP contribution >= 0.6 is 11.3 Å². The first-order chi connectivity index (χ1) is 10.6. The minimum absolute atomic E-state index is 0.189. The number of aromatic nitrogens is 1. The van der Waals surface area contributed by atoms with E-state index >= 15 is 0 Å². The molecule has 0 amide bonds. The van der Waals surface area contributed by atoms with Gasteiger partial charge in [-0.3, -0.25) is 0 Å². The average molecular weight is 305 g/mol. The molecule has 0 radical (unpaired) electrons. The van der Waals surface area contributed by atoms with Gasteiger partial charge in [0.1, 0.15) is 0 Å². The summed E-state index contributed by atoms with van der Waals surface area (Å²) in [5.74, 6) is 0. The fraction of sp³-hybridized carbons (Fsp3) is 0.200. The minimum atomic E-state index is 0.189. The van der Waals surface area contributed by atoms with E-state index in [4.69, 9.17) is 0 Å². The quantitative estimate of drug-likeness (QED) is 0.398. The summed E-state index contributed by atoms with van der Waals surface area (Å²) in [6.07, 6.45) is 0. The van der Waals surface area contributed by atoms with Gasteiger partial charge < -0.3 is 4.57 Å². The van der Waals surface area contributed by atoms with Gasteiger partial charge in [0.2, 0.25) is 0 Å². The summed E-state index contributed by atoms with van der Waals surface area (Å²) < 4.78 is 2.37. The van der Waals surface area contributed by atoms with Crippen LogP contribution in [0.2, 0.25) is 0 Å². The molecule has 2 aromatic carbocycles. The van der Waals surface area contributed by atoms with E-state index in [9.17, 15) is 0 Å². The molecule has 0 aliphatic rings. The molecule has 0 fully saturated rings. The lowest BCUT2D eigenvalue weighted by atomic mass is 9.87. The minimum Gasteiger partial charge on any atom is -0.308 e. The Labute approximate surface area is 134 Å². The van der Waals surface area contributed by atoms with E-state index in [1.807, 2.05) is 0 Å². The zero-order chi connectivity index (χ0) is 15.3. The van der Waals surface area contributed by atoms with Crippen molar-refractivity contribution < 1.29 is 0 Å². The fourth-order valence-electron chi connectivity index (χ4n) is 3.08. The number of hydrogen-bond acceptors (Lipinski definition) is 1. The summed E-state index contributed by atoms with van der Waals surface area (Å²) >= 11 is 1.77. The number of fused-ring (bicyclic) bond motifs is 3. The Morgan fingerprint density at radius 2 is 1.50 bits per heavy atom. The molecule has 0 aliphatic heterocycles. The average Bonchev–Trinajstić information content (AvgIpc) is 3.07. The normalized spacial score (nSPS) is 12.3. The van der Waals surface area contributed by atoms with E-state index in [-0.39, 0.29) is 5.41 Å². The lowest BCUT2D eigenvalue weighted by Crippen LogP contribution is -2.10. The second-order valence-corrected chi connectivity index (χ2v) is 7.56. The van der Waals surface area contributed by atoms with Crippen molar-refractivity contribution in [3.8, 4) is 5.69 Å². The first kappa shape index (κ1) is 13.6. The molecule has 0 saturated carbocycles. The standard InChI is InChI=1S/C20H19NS/c1-20(2,3)14-8-10-15(11-9-14)21-18-7-5-4-6-16(18)17-12-22-13-19(17)21/h4-13H,1-3H3. The number of nitrogens with zero attached hydrogens (tertiary/aromatic N) is 1. The zero-order valence-electron chi connectivity index (χ0n) is 13.1. The van der Waals surface area contributed by atoms with Gasteiger partial charge in [-0.05, 0) is 29.2 Å². The van der Waals surface area contributed by atoms with Crippen LogP contribution in [-0.4, -0.2) is 4.57 Å². The highest BCUT2D eigenvalue weighted by molar-refractivity contribution is 7.09. The molecule has 0 saturated heterocycles. The predicted octanol–water partition coefficient (Wildman–Crippen LogP) is 6.14. The smallest absolute Gasteiger partial charge is 0.0648 e. The highest BCUT2D eigenvalue weighted by atomic mass is 32.1. The van der Waals surface area contributed by atoms with Gasteiger partial charge >= 0.3 is 0 Å². The molecule has 0 unspecified atom stereocenters. The molecular weight excluding hydrogens is 286 g/mol. The van der Waals surface area contributed by atoms with Gasteiger partial charge in [0.05, 0.1) is 11.0 Å². The van der Waals surface area contributed by atoms with Gasteiger partial charge in [-0.15, -0.1) is 11.3 Å². The van der Waals surface area contributed by atoms with Gasteiger partial charge in [-0.1, -0.05) is 51.1 Å².